The molecule has 0 aliphatic carbocycles. The number of methoxy groups -OCH3 is 2. The van der Waals surface area contributed by atoms with Crippen LogP contribution in [0.25, 0.3) is 6.08 Å². The second kappa shape index (κ2) is 9.03. The van der Waals surface area contributed by atoms with Gasteiger partial charge in [-0.1, -0.05) is 43.0 Å². The summed E-state index contributed by atoms with van der Waals surface area (Å²) in [6.45, 7) is 2.10. The molecule has 0 spiro atoms. The molecule has 28 heavy (non-hydrogen) atoms. The van der Waals surface area contributed by atoms with E-state index in [9.17, 15) is 4.79 Å². The molecule has 0 saturated carbocycles. The van der Waals surface area contributed by atoms with E-state index in [1.54, 1.807) is 32.6 Å². The van der Waals surface area contributed by atoms with Crippen molar-refractivity contribution in [2.75, 3.05) is 14.2 Å². The van der Waals surface area contributed by atoms with Crippen LogP contribution in [-0.4, -0.2) is 35.7 Å². The Labute approximate surface area is 174 Å². The minimum absolute atomic E-state index is 0.255. The molecule has 0 atom stereocenters. The van der Waals surface area contributed by atoms with E-state index in [2.05, 4.69) is 12.0 Å². The molecule has 3 rings (SSSR count). The number of carbonyl (C=O) groups excluding carboxylic acids is 1. The standard InChI is InChI=1S/C21H20N2O3S2/c1-4-14-5-7-15(8-6-14)13-22-23-20(24)19(28-21(23)27)11-16-9-10-17(25-2)12-18(16)26-3/h5-13H,4H2,1-3H3/b19-11+,22-13+. The van der Waals surface area contributed by atoms with Gasteiger partial charge in [-0.3, -0.25) is 4.79 Å². The highest BCUT2D eigenvalue weighted by Gasteiger charge is 2.32. The lowest BCUT2D eigenvalue weighted by Gasteiger charge is -2.08. The van der Waals surface area contributed by atoms with E-state index in [1.807, 2.05) is 36.4 Å². The predicted octanol–water partition coefficient (Wildman–Crippen LogP) is 4.50. The molecule has 5 nitrogen and oxygen atoms in total. The van der Waals surface area contributed by atoms with Gasteiger partial charge < -0.3 is 9.47 Å². The van der Waals surface area contributed by atoms with Gasteiger partial charge in [0.2, 0.25) is 0 Å². The van der Waals surface area contributed by atoms with Gasteiger partial charge in [-0.25, -0.2) is 0 Å². The normalized spacial score (nSPS) is 15.7. The molecular weight excluding hydrogens is 392 g/mol. The summed E-state index contributed by atoms with van der Waals surface area (Å²) in [5, 5.41) is 5.52. The maximum absolute atomic E-state index is 12.7. The van der Waals surface area contributed by atoms with Crippen LogP contribution in [0.5, 0.6) is 11.5 Å². The minimum Gasteiger partial charge on any atom is -0.497 e. The molecule has 1 saturated heterocycles. The molecule has 0 aromatic heterocycles. The topological polar surface area (TPSA) is 51.1 Å². The first-order valence-electron chi connectivity index (χ1n) is 8.68. The zero-order chi connectivity index (χ0) is 20.1. The molecule has 1 aliphatic heterocycles. The monoisotopic (exact) mass is 412 g/mol. The van der Waals surface area contributed by atoms with Crippen molar-refractivity contribution in [2.24, 2.45) is 5.10 Å². The van der Waals surface area contributed by atoms with E-state index in [0.717, 1.165) is 17.5 Å². The van der Waals surface area contributed by atoms with Gasteiger partial charge in [0.25, 0.3) is 5.91 Å². The molecule has 1 fully saturated rings. The summed E-state index contributed by atoms with van der Waals surface area (Å²) < 4.78 is 11.0. The van der Waals surface area contributed by atoms with Crippen LogP contribution in [0.1, 0.15) is 23.6 Å². The van der Waals surface area contributed by atoms with E-state index >= 15 is 0 Å². The van der Waals surface area contributed by atoms with E-state index in [0.29, 0.717) is 20.7 Å². The molecule has 0 radical (unpaired) electrons. The number of rotatable bonds is 6. The van der Waals surface area contributed by atoms with Gasteiger partial charge in [-0.2, -0.15) is 10.1 Å². The van der Waals surface area contributed by atoms with Gasteiger partial charge in [0.05, 0.1) is 25.3 Å². The number of benzene rings is 2. The Morgan fingerprint density at radius 1 is 1.14 bits per heavy atom. The molecule has 0 unspecified atom stereocenters. The summed E-state index contributed by atoms with van der Waals surface area (Å²) in [5.74, 6) is 1.04. The van der Waals surface area contributed by atoms with Crippen molar-refractivity contribution in [1.29, 1.82) is 0 Å². The number of thiocarbonyl (C=S) groups is 1. The van der Waals surface area contributed by atoms with Crippen LogP contribution in [0.15, 0.2) is 52.5 Å². The number of nitrogens with zero attached hydrogens (tertiary/aromatic N) is 2. The molecule has 2 aromatic rings. The van der Waals surface area contributed by atoms with E-state index in [4.69, 9.17) is 21.7 Å². The molecule has 0 N–H and O–H groups in total. The van der Waals surface area contributed by atoms with Crippen molar-refractivity contribution in [3.8, 4) is 11.5 Å². The van der Waals surface area contributed by atoms with Gasteiger partial charge in [-0.15, -0.1) is 0 Å². The SMILES string of the molecule is CCc1ccc(/C=N/N2C(=O)/C(=C\c3ccc(OC)cc3OC)SC2=S)cc1. The van der Waals surface area contributed by atoms with Crippen LogP contribution in [0, 0.1) is 0 Å². The van der Waals surface area contributed by atoms with Crippen LogP contribution >= 0.6 is 24.0 Å². The number of amides is 1. The largest absolute Gasteiger partial charge is 0.497 e. The lowest BCUT2D eigenvalue weighted by molar-refractivity contribution is -0.122. The zero-order valence-corrected chi connectivity index (χ0v) is 17.5. The Morgan fingerprint density at radius 3 is 2.54 bits per heavy atom. The first-order chi connectivity index (χ1) is 13.5. The van der Waals surface area contributed by atoms with E-state index in [-0.39, 0.29) is 5.91 Å². The Balaban J connectivity index is 1.81. The highest BCUT2D eigenvalue weighted by molar-refractivity contribution is 8.26. The van der Waals surface area contributed by atoms with Crippen LogP contribution in [0.4, 0.5) is 0 Å². The first-order valence-corrected chi connectivity index (χ1v) is 9.91. The number of carbonyl (C=O) groups is 1. The maximum Gasteiger partial charge on any atom is 0.286 e. The number of ether oxygens (including phenoxy) is 2. The number of aryl methyl sites for hydroxylation is 1. The lowest BCUT2D eigenvalue weighted by atomic mass is 10.1. The second-order valence-corrected chi connectivity index (χ2v) is 7.62. The third-order valence-electron chi connectivity index (χ3n) is 4.21. The lowest BCUT2D eigenvalue weighted by Crippen LogP contribution is -2.22. The van der Waals surface area contributed by atoms with Gasteiger partial charge in [0.1, 0.15) is 11.5 Å². The zero-order valence-electron chi connectivity index (χ0n) is 15.8. The number of hydrazone groups is 1. The Kier molecular flexibility index (Phi) is 6.49. The van der Waals surface area contributed by atoms with Crippen LogP contribution < -0.4 is 9.47 Å². The highest BCUT2D eigenvalue weighted by atomic mass is 32.2. The fourth-order valence-electron chi connectivity index (χ4n) is 2.60. The van der Waals surface area contributed by atoms with Crippen molar-refractivity contribution >= 4 is 46.5 Å². The summed E-state index contributed by atoms with van der Waals surface area (Å²) in [6.07, 6.45) is 4.37. The van der Waals surface area contributed by atoms with Gasteiger partial charge in [0.15, 0.2) is 4.32 Å². The van der Waals surface area contributed by atoms with Crippen molar-refractivity contribution < 1.29 is 14.3 Å². The Hall–Kier alpha value is -2.64. The number of thioether (sulfide) groups is 1. The average molecular weight is 413 g/mol. The molecule has 144 valence electrons. The molecule has 7 heteroatoms. The minimum atomic E-state index is -0.255. The molecule has 2 aromatic carbocycles. The van der Waals surface area contributed by atoms with Crippen LogP contribution in [0.2, 0.25) is 0 Å². The summed E-state index contributed by atoms with van der Waals surface area (Å²) in [7, 11) is 3.17. The number of hydrogen-bond acceptors (Lipinski definition) is 6. The third-order valence-corrected chi connectivity index (χ3v) is 5.49. The van der Waals surface area contributed by atoms with E-state index in [1.165, 1.54) is 22.3 Å². The van der Waals surface area contributed by atoms with Gasteiger partial charge in [0, 0.05) is 11.6 Å². The van der Waals surface area contributed by atoms with E-state index < -0.39 is 0 Å². The van der Waals surface area contributed by atoms with Crippen molar-refractivity contribution in [1.82, 2.24) is 5.01 Å². The quantitative estimate of drug-likeness (QED) is 0.397. The van der Waals surface area contributed by atoms with Gasteiger partial charge >= 0.3 is 0 Å². The molecule has 1 aliphatic rings. The highest BCUT2D eigenvalue weighted by Crippen LogP contribution is 2.35. The fourth-order valence-corrected chi connectivity index (χ4v) is 3.77. The van der Waals surface area contributed by atoms with Crippen LogP contribution in [0.3, 0.4) is 0 Å². The van der Waals surface area contributed by atoms with Crippen molar-refractivity contribution in [3.05, 3.63) is 64.1 Å². The summed E-state index contributed by atoms with van der Waals surface area (Å²) in [4.78, 5) is 13.2. The smallest absolute Gasteiger partial charge is 0.286 e. The summed E-state index contributed by atoms with van der Waals surface area (Å²) >= 11 is 6.54. The maximum atomic E-state index is 12.7. The molecule has 1 amide bonds. The Morgan fingerprint density at radius 2 is 1.89 bits per heavy atom. The summed E-state index contributed by atoms with van der Waals surface area (Å²) in [5.41, 5.74) is 2.93. The van der Waals surface area contributed by atoms with Crippen LogP contribution in [-0.2, 0) is 11.2 Å². The Bertz CT molecular complexity index is 953. The first kappa shape index (κ1) is 20.1. The molecule has 0 bridgehead atoms. The fraction of sp³-hybridized carbons (Fsp3) is 0.190. The third kappa shape index (κ3) is 4.43. The summed E-state index contributed by atoms with van der Waals surface area (Å²) in [6, 6.07) is 13.4. The number of hydrogen-bond donors (Lipinski definition) is 0. The average Bonchev–Trinajstić information content (AvgIpc) is 2.99. The van der Waals surface area contributed by atoms with Gasteiger partial charge in [-0.05, 0) is 48.0 Å². The van der Waals surface area contributed by atoms with Crippen molar-refractivity contribution in [3.63, 3.8) is 0 Å². The predicted molar refractivity (Wildman–Crippen MR) is 118 cm³/mol. The van der Waals surface area contributed by atoms with Crippen molar-refractivity contribution in [2.45, 2.75) is 13.3 Å². The molecular formula is C21H20N2O3S2. The molecule has 1 heterocycles. The second-order valence-electron chi connectivity index (χ2n) is 5.94.